The zero-order valence-electron chi connectivity index (χ0n) is 9.63. The van der Waals surface area contributed by atoms with Gasteiger partial charge in [0.2, 0.25) is 0 Å². The molecule has 3 nitrogen and oxygen atoms in total. The van der Waals surface area contributed by atoms with Crippen molar-refractivity contribution >= 4 is 5.91 Å². The van der Waals surface area contributed by atoms with Crippen molar-refractivity contribution in [3.8, 4) is 6.07 Å². The maximum atomic E-state index is 11.1. The molecule has 0 unspecified atom stereocenters. The van der Waals surface area contributed by atoms with E-state index in [9.17, 15) is 4.79 Å². The van der Waals surface area contributed by atoms with Crippen molar-refractivity contribution in [1.29, 1.82) is 5.26 Å². The Labute approximate surface area is 91.0 Å². The summed E-state index contributed by atoms with van der Waals surface area (Å²) in [6, 6.07) is 1.93. The summed E-state index contributed by atoms with van der Waals surface area (Å²) >= 11 is 0. The van der Waals surface area contributed by atoms with Crippen LogP contribution in [0.1, 0.15) is 40.0 Å². The minimum absolute atomic E-state index is 0.171. The lowest BCUT2D eigenvalue weighted by molar-refractivity contribution is -0.114. The molecule has 0 aromatic rings. The van der Waals surface area contributed by atoms with E-state index in [1.54, 1.807) is 0 Å². The van der Waals surface area contributed by atoms with Crippen LogP contribution in [0.2, 0.25) is 0 Å². The van der Waals surface area contributed by atoms with Gasteiger partial charge >= 0.3 is 0 Å². The van der Waals surface area contributed by atoms with Crippen LogP contribution in [0.5, 0.6) is 0 Å². The maximum absolute atomic E-state index is 11.1. The molecule has 0 heterocycles. The zero-order valence-corrected chi connectivity index (χ0v) is 9.63. The Bertz CT molecular complexity index is 347. The summed E-state index contributed by atoms with van der Waals surface area (Å²) < 4.78 is 0. The number of carbonyl (C=O) groups is 1. The minimum Gasteiger partial charge on any atom is -0.365 e. The van der Waals surface area contributed by atoms with E-state index in [1.165, 1.54) is 0 Å². The van der Waals surface area contributed by atoms with Crippen LogP contribution in [0.25, 0.3) is 0 Å². The maximum Gasteiger partial charge on any atom is 0.259 e. The summed E-state index contributed by atoms with van der Waals surface area (Å²) in [6.45, 7) is 6.48. The Morgan fingerprint density at radius 1 is 1.60 bits per heavy atom. The number of allylic oxidation sites excluding steroid dienone is 1. The molecule has 1 saturated carbocycles. The van der Waals surface area contributed by atoms with Gasteiger partial charge in [-0.3, -0.25) is 4.79 Å². The first-order chi connectivity index (χ1) is 6.85. The predicted octanol–water partition coefficient (Wildman–Crippen LogP) is 2.14. The molecule has 82 valence electrons. The molecule has 1 fully saturated rings. The van der Waals surface area contributed by atoms with Gasteiger partial charge in [-0.1, -0.05) is 20.8 Å². The number of nitriles is 1. The van der Waals surface area contributed by atoms with Crippen LogP contribution in [0.15, 0.2) is 11.1 Å². The van der Waals surface area contributed by atoms with Crippen molar-refractivity contribution in [3.05, 3.63) is 11.1 Å². The normalized spacial score (nSPS) is 28.0. The molecule has 3 heteroatoms. The molecule has 15 heavy (non-hydrogen) atoms. The van der Waals surface area contributed by atoms with Crippen molar-refractivity contribution < 1.29 is 4.79 Å². The van der Waals surface area contributed by atoms with Gasteiger partial charge in [0.25, 0.3) is 5.91 Å². The van der Waals surface area contributed by atoms with Crippen molar-refractivity contribution in [2.45, 2.75) is 40.0 Å². The number of nitrogens with two attached hydrogens (primary N) is 1. The van der Waals surface area contributed by atoms with Gasteiger partial charge in [0.15, 0.2) is 0 Å². The summed E-state index contributed by atoms with van der Waals surface area (Å²) in [5.74, 6) is -0.0659. The number of amides is 1. The molecule has 1 aliphatic carbocycles. The van der Waals surface area contributed by atoms with Gasteiger partial charge in [-0.2, -0.15) is 5.26 Å². The fourth-order valence-corrected chi connectivity index (χ4v) is 2.66. The molecule has 0 radical (unpaired) electrons. The van der Waals surface area contributed by atoms with E-state index in [-0.39, 0.29) is 11.0 Å². The third-order valence-electron chi connectivity index (χ3n) is 2.90. The van der Waals surface area contributed by atoms with E-state index in [1.807, 2.05) is 6.07 Å². The lowest BCUT2D eigenvalue weighted by atomic mass is 9.69. The van der Waals surface area contributed by atoms with Gasteiger partial charge in [0.05, 0.1) is 0 Å². The SMILES string of the molecule is C[C@@H]1C/C(=C(/C#N)C(N)=O)CC(C)(C)C1. The first-order valence-electron chi connectivity index (χ1n) is 5.27. The zero-order chi connectivity index (χ0) is 11.6. The van der Waals surface area contributed by atoms with E-state index in [4.69, 9.17) is 11.0 Å². The highest BCUT2D eigenvalue weighted by Crippen LogP contribution is 2.42. The first kappa shape index (κ1) is 11.8. The second-order valence-corrected chi connectivity index (χ2v) is 5.31. The van der Waals surface area contributed by atoms with Gasteiger partial charge < -0.3 is 5.73 Å². The van der Waals surface area contributed by atoms with Crippen molar-refractivity contribution in [2.75, 3.05) is 0 Å². The van der Waals surface area contributed by atoms with Crippen LogP contribution in [0.3, 0.4) is 0 Å². The van der Waals surface area contributed by atoms with Crippen LogP contribution in [0, 0.1) is 22.7 Å². The molecule has 0 aliphatic heterocycles. The molecule has 1 atom stereocenters. The van der Waals surface area contributed by atoms with E-state index < -0.39 is 5.91 Å². The van der Waals surface area contributed by atoms with E-state index in [0.717, 1.165) is 24.8 Å². The molecule has 2 N–H and O–H groups in total. The summed E-state index contributed by atoms with van der Waals surface area (Å²) in [5.41, 5.74) is 6.48. The first-order valence-corrected chi connectivity index (χ1v) is 5.27. The Morgan fingerprint density at radius 2 is 2.20 bits per heavy atom. The van der Waals surface area contributed by atoms with Gasteiger partial charge in [-0.15, -0.1) is 0 Å². The average molecular weight is 206 g/mol. The number of rotatable bonds is 1. The molecule has 0 bridgehead atoms. The van der Waals surface area contributed by atoms with Crippen LogP contribution in [-0.4, -0.2) is 5.91 Å². The smallest absolute Gasteiger partial charge is 0.259 e. The van der Waals surface area contributed by atoms with Gasteiger partial charge in [0, 0.05) is 0 Å². The Morgan fingerprint density at radius 3 is 2.60 bits per heavy atom. The summed E-state index contributed by atoms with van der Waals surface area (Å²) in [4.78, 5) is 11.1. The molecule has 0 aromatic carbocycles. The van der Waals surface area contributed by atoms with E-state index in [0.29, 0.717) is 5.92 Å². The van der Waals surface area contributed by atoms with Crippen molar-refractivity contribution in [2.24, 2.45) is 17.1 Å². The topological polar surface area (TPSA) is 66.9 Å². The largest absolute Gasteiger partial charge is 0.365 e. The van der Waals surface area contributed by atoms with Crippen LogP contribution in [-0.2, 0) is 4.79 Å². The molecule has 0 aromatic heterocycles. The number of hydrogen-bond donors (Lipinski definition) is 1. The van der Waals surface area contributed by atoms with E-state index >= 15 is 0 Å². The summed E-state index contributed by atoms with van der Waals surface area (Å²) in [6.07, 6.45) is 2.77. The third kappa shape index (κ3) is 2.82. The number of carbonyl (C=O) groups excluding carboxylic acids is 1. The third-order valence-corrected chi connectivity index (χ3v) is 2.90. The van der Waals surface area contributed by atoms with E-state index in [2.05, 4.69) is 20.8 Å². The fraction of sp³-hybridized carbons (Fsp3) is 0.667. The molecule has 1 amide bonds. The number of primary amides is 1. The molecule has 0 saturated heterocycles. The highest BCUT2D eigenvalue weighted by atomic mass is 16.1. The highest BCUT2D eigenvalue weighted by Gasteiger charge is 2.30. The Kier molecular flexibility index (Phi) is 3.18. The molecule has 1 aliphatic rings. The van der Waals surface area contributed by atoms with Crippen LogP contribution >= 0.6 is 0 Å². The lowest BCUT2D eigenvalue weighted by Gasteiger charge is -2.35. The van der Waals surface area contributed by atoms with Crippen LogP contribution < -0.4 is 5.73 Å². The summed E-state index contributed by atoms with van der Waals surface area (Å²) in [5, 5.41) is 8.90. The standard InChI is InChI=1S/C12H18N2O/c1-8-4-9(6-12(2,3)5-8)10(7-13)11(14)15/h8H,4-6H2,1-3H3,(H2,14,15)/b10-9+/t8-/m1/s1. The quantitative estimate of drug-likeness (QED) is 0.527. The second-order valence-electron chi connectivity index (χ2n) is 5.31. The van der Waals surface area contributed by atoms with Crippen LogP contribution in [0.4, 0.5) is 0 Å². The highest BCUT2D eigenvalue weighted by molar-refractivity contribution is 5.96. The Hall–Kier alpha value is -1.30. The predicted molar refractivity (Wildman–Crippen MR) is 58.6 cm³/mol. The minimum atomic E-state index is -0.586. The number of hydrogen-bond acceptors (Lipinski definition) is 2. The summed E-state index contributed by atoms with van der Waals surface area (Å²) in [7, 11) is 0. The molecule has 1 rings (SSSR count). The van der Waals surface area contributed by atoms with Gasteiger partial charge in [-0.05, 0) is 36.2 Å². The lowest BCUT2D eigenvalue weighted by Crippen LogP contribution is -2.26. The molecular weight excluding hydrogens is 188 g/mol. The van der Waals surface area contributed by atoms with Gasteiger partial charge in [-0.25, -0.2) is 0 Å². The second kappa shape index (κ2) is 4.06. The molecule has 0 spiro atoms. The Balaban J connectivity index is 3.05. The monoisotopic (exact) mass is 206 g/mol. The van der Waals surface area contributed by atoms with Crippen molar-refractivity contribution in [3.63, 3.8) is 0 Å². The average Bonchev–Trinajstić information content (AvgIpc) is 1.99. The fourth-order valence-electron chi connectivity index (χ4n) is 2.66. The van der Waals surface area contributed by atoms with Crippen molar-refractivity contribution in [1.82, 2.24) is 0 Å². The number of nitrogens with zero attached hydrogens (tertiary/aromatic N) is 1. The van der Waals surface area contributed by atoms with Gasteiger partial charge in [0.1, 0.15) is 11.6 Å². The molecular formula is C12H18N2O.